The van der Waals surface area contributed by atoms with Crippen molar-refractivity contribution in [3.8, 4) is 0 Å². The van der Waals surface area contributed by atoms with Gasteiger partial charge in [0.2, 0.25) is 0 Å². The molecule has 5 heteroatoms. The fourth-order valence-electron chi connectivity index (χ4n) is 2.58. The SMILES string of the molecule is CSC(CO)C(C)Nc1nc(C)nc2c1CCCC2. The number of rotatable bonds is 5. The van der Waals surface area contributed by atoms with Gasteiger partial charge in [0.15, 0.2) is 0 Å². The predicted molar refractivity (Wildman–Crippen MR) is 80.9 cm³/mol. The number of aliphatic hydroxyl groups is 1. The fourth-order valence-corrected chi connectivity index (χ4v) is 3.21. The number of nitrogens with zero attached hydrogens (tertiary/aromatic N) is 2. The first-order valence-corrected chi connectivity index (χ1v) is 8.21. The minimum atomic E-state index is 0.182. The lowest BCUT2D eigenvalue weighted by Gasteiger charge is -2.25. The number of thioether (sulfide) groups is 1. The Bertz CT molecular complexity index is 435. The van der Waals surface area contributed by atoms with Gasteiger partial charge in [-0.25, -0.2) is 9.97 Å². The van der Waals surface area contributed by atoms with Gasteiger partial charge < -0.3 is 10.4 Å². The van der Waals surface area contributed by atoms with Crippen LogP contribution in [-0.4, -0.2) is 39.2 Å². The summed E-state index contributed by atoms with van der Waals surface area (Å²) < 4.78 is 0. The molecule has 0 spiro atoms. The third-order valence-corrected chi connectivity index (χ3v) is 4.86. The van der Waals surface area contributed by atoms with E-state index in [1.165, 1.54) is 24.1 Å². The maximum absolute atomic E-state index is 9.37. The van der Waals surface area contributed by atoms with Crippen LogP contribution in [0.2, 0.25) is 0 Å². The minimum absolute atomic E-state index is 0.182. The van der Waals surface area contributed by atoms with Crippen molar-refractivity contribution in [3.05, 3.63) is 17.1 Å². The summed E-state index contributed by atoms with van der Waals surface area (Å²) in [7, 11) is 0. The maximum Gasteiger partial charge on any atom is 0.133 e. The lowest BCUT2D eigenvalue weighted by atomic mass is 9.96. The molecule has 0 aliphatic heterocycles. The van der Waals surface area contributed by atoms with Crippen molar-refractivity contribution >= 4 is 17.6 Å². The quantitative estimate of drug-likeness (QED) is 0.866. The van der Waals surface area contributed by atoms with Crippen molar-refractivity contribution in [2.45, 2.75) is 50.8 Å². The molecule has 2 atom stereocenters. The second-order valence-corrected chi connectivity index (χ2v) is 6.22. The van der Waals surface area contributed by atoms with E-state index in [0.29, 0.717) is 0 Å². The molecule has 0 radical (unpaired) electrons. The van der Waals surface area contributed by atoms with Gasteiger partial charge in [-0.15, -0.1) is 0 Å². The number of nitrogens with one attached hydrogen (secondary N) is 1. The Hall–Kier alpha value is -0.810. The Balaban J connectivity index is 2.22. The monoisotopic (exact) mass is 281 g/mol. The number of hydrogen-bond acceptors (Lipinski definition) is 5. The summed E-state index contributed by atoms with van der Waals surface area (Å²) in [6.07, 6.45) is 6.60. The highest BCUT2D eigenvalue weighted by molar-refractivity contribution is 7.99. The second-order valence-electron chi connectivity index (χ2n) is 5.14. The topological polar surface area (TPSA) is 58.0 Å². The smallest absolute Gasteiger partial charge is 0.133 e. The van der Waals surface area contributed by atoms with Crippen molar-refractivity contribution in [1.82, 2.24) is 9.97 Å². The van der Waals surface area contributed by atoms with E-state index in [1.807, 2.05) is 13.2 Å². The van der Waals surface area contributed by atoms with Crippen LogP contribution < -0.4 is 5.32 Å². The molecule has 0 saturated heterocycles. The lowest BCUT2D eigenvalue weighted by Crippen LogP contribution is -2.32. The summed E-state index contributed by atoms with van der Waals surface area (Å²) in [6.45, 7) is 4.23. The molecule has 2 unspecified atom stereocenters. The van der Waals surface area contributed by atoms with Crippen LogP contribution in [0.15, 0.2) is 0 Å². The molecule has 1 aliphatic rings. The van der Waals surface area contributed by atoms with Crippen LogP contribution in [0.4, 0.5) is 5.82 Å². The molecule has 2 N–H and O–H groups in total. The second kappa shape index (κ2) is 6.57. The van der Waals surface area contributed by atoms with Gasteiger partial charge in [0.1, 0.15) is 11.6 Å². The van der Waals surface area contributed by atoms with Gasteiger partial charge in [-0.3, -0.25) is 0 Å². The van der Waals surface area contributed by atoms with Crippen molar-refractivity contribution in [2.75, 3.05) is 18.2 Å². The number of fused-ring (bicyclic) bond motifs is 1. The molecular weight excluding hydrogens is 258 g/mol. The number of aromatic nitrogens is 2. The number of hydrogen-bond donors (Lipinski definition) is 2. The molecule has 1 aromatic heterocycles. The third-order valence-electron chi connectivity index (χ3n) is 3.70. The maximum atomic E-state index is 9.37. The minimum Gasteiger partial charge on any atom is -0.395 e. The molecule has 4 nitrogen and oxygen atoms in total. The highest BCUT2D eigenvalue weighted by Gasteiger charge is 2.21. The molecular formula is C14H23N3OS. The van der Waals surface area contributed by atoms with E-state index in [9.17, 15) is 5.11 Å². The fraction of sp³-hybridized carbons (Fsp3) is 0.714. The van der Waals surface area contributed by atoms with E-state index >= 15 is 0 Å². The van der Waals surface area contributed by atoms with Crippen molar-refractivity contribution in [2.24, 2.45) is 0 Å². The van der Waals surface area contributed by atoms with Crippen LogP contribution in [0.5, 0.6) is 0 Å². The number of anilines is 1. The van der Waals surface area contributed by atoms with Crippen LogP contribution in [0.25, 0.3) is 0 Å². The summed E-state index contributed by atoms with van der Waals surface area (Å²) in [4.78, 5) is 9.13. The highest BCUT2D eigenvalue weighted by atomic mass is 32.2. The summed E-state index contributed by atoms with van der Waals surface area (Å²) in [5.74, 6) is 1.81. The zero-order chi connectivity index (χ0) is 13.8. The van der Waals surface area contributed by atoms with E-state index in [2.05, 4.69) is 22.2 Å². The van der Waals surface area contributed by atoms with Crippen molar-refractivity contribution in [3.63, 3.8) is 0 Å². The molecule has 1 aromatic rings. The van der Waals surface area contributed by atoms with Crippen molar-refractivity contribution < 1.29 is 5.11 Å². The van der Waals surface area contributed by atoms with Crippen molar-refractivity contribution in [1.29, 1.82) is 0 Å². The van der Waals surface area contributed by atoms with Gasteiger partial charge in [0, 0.05) is 22.5 Å². The van der Waals surface area contributed by atoms with Gasteiger partial charge >= 0.3 is 0 Å². The molecule has 1 heterocycles. The van der Waals surface area contributed by atoms with E-state index < -0.39 is 0 Å². The lowest BCUT2D eigenvalue weighted by molar-refractivity contribution is 0.288. The molecule has 0 amide bonds. The van der Waals surface area contributed by atoms with E-state index in [1.54, 1.807) is 11.8 Å². The zero-order valence-corrected chi connectivity index (χ0v) is 12.8. The first kappa shape index (κ1) is 14.6. The van der Waals surface area contributed by atoms with Gasteiger partial charge in [-0.05, 0) is 45.8 Å². The van der Waals surface area contributed by atoms with Gasteiger partial charge in [-0.2, -0.15) is 11.8 Å². The van der Waals surface area contributed by atoms with Gasteiger partial charge in [-0.1, -0.05) is 0 Å². The third kappa shape index (κ3) is 3.39. The Kier molecular flexibility index (Phi) is 5.05. The first-order valence-electron chi connectivity index (χ1n) is 6.92. The van der Waals surface area contributed by atoms with Gasteiger partial charge in [0.25, 0.3) is 0 Å². The van der Waals surface area contributed by atoms with E-state index in [0.717, 1.165) is 24.5 Å². The Morgan fingerprint density at radius 1 is 1.32 bits per heavy atom. The Morgan fingerprint density at radius 3 is 2.74 bits per heavy atom. The van der Waals surface area contributed by atoms with Crippen LogP contribution in [0.1, 0.15) is 36.8 Å². The Labute approximate surface area is 119 Å². The molecule has 0 bridgehead atoms. The summed E-state index contributed by atoms with van der Waals surface area (Å²) in [6, 6.07) is 0.195. The molecule has 106 valence electrons. The molecule has 2 rings (SSSR count). The average molecular weight is 281 g/mol. The number of aliphatic hydroxyl groups excluding tert-OH is 1. The van der Waals surface area contributed by atoms with Crippen LogP contribution in [0, 0.1) is 6.92 Å². The summed E-state index contributed by atoms with van der Waals surface area (Å²) in [5.41, 5.74) is 2.49. The zero-order valence-electron chi connectivity index (χ0n) is 11.9. The van der Waals surface area contributed by atoms with Gasteiger partial charge in [0.05, 0.1) is 6.61 Å². The molecule has 19 heavy (non-hydrogen) atoms. The number of aryl methyl sites for hydroxylation is 2. The normalized spacial score (nSPS) is 17.7. The average Bonchev–Trinajstić information content (AvgIpc) is 2.40. The predicted octanol–water partition coefficient (Wildman–Crippen LogP) is 2.19. The molecule has 0 saturated carbocycles. The first-order chi connectivity index (χ1) is 9.15. The van der Waals surface area contributed by atoms with Crippen LogP contribution in [0.3, 0.4) is 0 Å². The van der Waals surface area contributed by atoms with Crippen LogP contribution in [-0.2, 0) is 12.8 Å². The van der Waals surface area contributed by atoms with E-state index in [4.69, 9.17) is 0 Å². The summed E-state index contributed by atoms with van der Waals surface area (Å²) in [5, 5.41) is 13.0. The largest absolute Gasteiger partial charge is 0.395 e. The summed E-state index contributed by atoms with van der Waals surface area (Å²) >= 11 is 1.68. The van der Waals surface area contributed by atoms with Crippen LogP contribution >= 0.6 is 11.8 Å². The molecule has 0 aromatic carbocycles. The highest BCUT2D eigenvalue weighted by Crippen LogP contribution is 2.26. The molecule has 1 aliphatic carbocycles. The molecule has 0 fully saturated rings. The Morgan fingerprint density at radius 2 is 2.05 bits per heavy atom. The standard InChI is InChI=1S/C14H23N3OS/c1-9(13(8-18)19-3)15-14-11-6-4-5-7-12(11)16-10(2)17-14/h9,13,18H,4-8H2,1-3H3,(H,15,16,17). The van der Waals surface area contributed by atoms with E-state index in [-0.39, 0.29) is 17.9 Å².